The SMILES string of the molecule is N#CCc1ccc(NS(=O)(=O)CC2CCCCC2)cc1. The van der Waals surface area contributed by atoms with Gasteiger partial charge >= 0.3 is 0 Å². The highest BCUT2D eigenvalue weighted by molar-refractivity contribution is 7.92. The largest absolute Gasteiger partial charge is 0.284 e. The first kappa shape index (κ1) is 14.9. The van der Waals surface area contributed by atoms with Gasteiger partial charge in [-0.3, -0.25) is 4.72 Å². The molecule has 1 aromatic carbocycles. The molecule has 108 valence electrons. The minimum Gasteiger partial charge on any atom is -0.284 e. The van der Waals surface area contributed by atoms with E-state index in [1.54, 1.807) is 24.3 Å². The van der Waals surface area contributed by atoms with Crippen LogP contribution < -0.4 is 4.72 Å². The normalized spacial score (nSPS) is 16.6. The van der Waals surface area contributed by atoms with Crippen LogP contribution in [0.25, 0.3) is 0 Å². The van der Waals surface area contributed by atoms with Crippen LogP contribution in [0, 0.1) is 17.2 Å². The van der Waals surface area contributed by atoms with E-state index in [0.29, 0.717) is 18.0 Å². The van der Waals surface area contributed by atoms with Crippen molar-refractivity contribution < 1.29 is 8.42 Å². The minimum atomic E-state index is -3.27. The van der Waals surface area contributed by atoms with E-state index >= 15 is 0 Å². The summed E-state index contributed by atoms with van der Waals surface area (Å²) in [5, 5.41) is 8.60. The van der Waals surface area contributed by atoms with Crippen molar-refractivity contribution in [3.8, 4) is 6.07 Å². The van der Waals surface area contributed by atoms with Gasteiger partial charge in [-0.15, -0.1) is 0 Å². The summed E-state index contributed by atoms with van der Waals surface area (Å²) in [4.78, 5) is 0. The maximum atomic E-state index is 12.1. The molecule has 0 aliphatic heterocycles. The molecule has 0 bridgehead atoms. The molecule has 0 radical (unpaired) electrons. The lowest BCUT2D eigenvalue weighted by Crippen LogP contribution is -2.24. The molecular formula is C15H20N2O2S. The highest BCUT2D eigenvalue weighted by atomic mass is 32.2. The lowest BCUT2D eigenvalue weighted by atomic mass is 9.91. The summed E-state index contributed by atoms with van der Waals surface area (Å²) in [5.41, 5.74) is 1.46. The van der Waals surface area contributed by atoms with Gasteiger partial charge in [-0.2, -0.15) is 5.26 Å². The summed E-state index contributed by atoms with van der Waals surface area (Å²) in [5.74, 6) is 0.506. The monoisotopic (exact) mass is 292 g/mol. The summed E-state index contributed by atoms with van der Waals surface area (Å²) in [6.07, 6.45) is 5.88. The fourth-order valence-corrected chi connectivity index (χ4v) is 4.20. The van der Waals surface area contributed by atoms with Crippen LogP contribution in [0.2, 0.25) is 0 Å². The Labute approximate surface area is 120 Å². The topological polar surface area (TPSA) is 70.0 Å². The van der Waals surface area contributed by atoms with E-state index in [4.69, 9.17) is 5.26 Å². The van der Waals surface area contributed by atoms with Gasteiger partial charge in [0.05, 0.1) is 18.2 Å². The van der Waals surface area contributed by atoms with E-state index in [2.05, 4.69) is 10.8 Å². The molecule has 0 spiro atoms. The first-order valence-electron chi connectivity index (χ1n) is 7.05. The molecule has 5 heteroatoms. The minimum absolute atomic E-state index is 0.215. The van der Waals surface area contributed by atoms with Crippen molar-refractivity contribution in [1.82, 2.24) is 0 Å². The molecule has 0 heterocycles. The van der Waals surface area contributed by atoms with Gasteiger partial charge in [-0.25, -0.2) is 8.42 Å². The number of nitriles is 1. The smallest absolute Gasteiger partial charge is 0.232 e. The Morgan fingerprint density at radius 3 is 2.40 bits per heavy atom. The molecule has 0 unspecified atom stereocenters. The lowest BCUT2D eigenvalue weighted by molar-refractivity contribution is 0.385. The van der Waals surface area contributed by atoms with Crippen molar-refractivity contribution in [2.75, 3.05) is 10.5 Å². The van der Waals surface area contributed by atoms with E-state index < -0.39 is 10.0 Å². The number of sulfonamides is 1. The Bertz CT molecular complexity index is 567. The molecule has 1 aliphatic carbocycles. The molecular weight excluding hydrogens is 272 g/mol. The predicted molar refractivity (Wildman–Crippen MR) is 79.7 cm³/mol. The number of nitrogens with zero attached hydrogens (tertiary/aromatic N) is 1. The van der Waals surface area contributed by atoms with E-state index in [0.717, 1.165) is 31.2 Å². The first-order chi connectivity index (χ1) is 9.59. The molecule has 4 nitrogen and oxygen atoms in total. The second-order valence-corrected chi connectivity index (χ2v) is 7.19. The van der Waals surface area contributed by atoms with Crippen molar-refractivity contribution in [2.45, 2.75) is 38.5 Å². The van der Waals surface area contributed by atoms with Crippen LogP contribution in [-0.2, 0) is 16.4 Å². The number of anilines is 1. The van der Waals surface area contributed by atoms with Crippen molar-refractivity contribution >= 4 is 15.7 Å². The van der Waals surface area contributed by atoms with Crippen LogP contribution in [-0.4, -0.2) is 14.2 Å². The molecule has 0 aromatic heterocycles. The number of rotatable bonds is 5. The van der Waals surface area contributed by atoms with Crippen molar-refractivity contribution in [1.29, 1.82) is 5.26 Å². The van der Waals surface area contributed by atoms with Gasteiger partial charge < -0.3 is 0 Å². The van der Waals surface area contributed by atoms with E-state index in [1.807, 2.05) is 0 Å². The summed E-state index contributed by atoms with van der Waals surface area (Å²) >= 11 is 0. The standard InChI is InChI=1S/C15H20N2O2S/c16-11-10-13-6-8-15(9-7-13)17-20(18,19)12-14-4-2-1-3-5-14/h6-9,14,17H,1-5,10,12H2. The number of hydrogen-bond acceptors (Lipinski definition) is 3. The summed E-state index contributed by atoms with van der Waals surface area (Å²) in [7, 11) is -3.27. The number of hydrogen-bond donors (Lipinski definition) is 1. The molecule has 1 aromatic rings. The van der Waals surface area contributed by atoms with E-state index in [9.17, 15) is 8.42 Å². The van der Waals surface area contributed by atoms with Gasteiger partial charge in [-0.05, 0) is 36.5 Å². The van der Waals surface area contributed by atoms with Gasteiger partial charge in [0, 0.05) is 5.69 Å². The zero-order valence-corrected chi connectivity index (χ0v) is 12.3. The van der Waals surface area contributed by atoms with Gasteiger partial charge in [0.2, 0.25) is 10.0 Å². The zero-order chi connectivity index (χ0) is 14.4. The molecule has 2 rings (SSSR count). The summed E-state index contributed by atoms with van der Waals surface area (Å²) in [6.45, 7) is 0. The Balaban J connectivity index is 1.95. The third-order valence-electron chi connectivity index (χ3n) is 3.69. The second-order valence-electron chi connectivity index (χ2n) is 5.42. The fourth-order valence-electron chi connectivity index (χ4n) is 2.67. The zero-order valence-electron chi connectivity index (χ0n) is 11.5. The van der Waals surface area contributed by atoms with Crippen LogP contribution in [0.1, 0.15) is 37.7 Å². The summed E-state index contributed by atoms with van der Waals surface area (Å²) in [6, 6.07) is 9.05. The predicted octanol–water partition coefficient (Wildman–Crippen LogP) is 3.07. The van der Waals surface area contributed by atoms with Crippen LogP contribution in [0.4, 0.5) is 5.69 Å². The summed E-state index contributed by atoms with van der Waals surface area (Å²) < 4.78 is 26.9. The van der Waals surface area contributed by atoms with Gasteiger partial charge in [-0.1, -0.05) is 31.4 Å². The lowest BCUT2D eigenvalue weighted by Gasteiger charge is -2.21. The van der Waals surface area contributed by atoms with E-state index in [-0.39, 0.29) is 5.75 Å². The van der Waals surface area contributed by atoms with Gasteiger partial charge in [0.1, 0.15) is 0 Å². The third kappa shape index (κ3) is 4.53. The molecule has 0 atom stereocenters. The molecule has 1 fully saturated rings. The van der Waals surface area contributed by atoms with Gasteiger partial charge in [0.25, 0.3) is 0 Å². The van der Waals surface area contributed by atoms with Crippen LogP contribution in [0.5, 0.6) is 0 Å². The number of nitrogens with one attached hydrogen (secondary N) is 1. The third-order valence-corrected chi connectivity index (χ3v) is 5.15. The van der Waals surface area contributed by atoms with Crippen LogP contribution in [0.15, 0.2) is 24.3 Å². The quantitative estimate of drug-likeness (QED) is 0.906. The average Bonchev–Trinajstić information content (AvgIpc) is 2.41. The Kier molecular flexibility index (Phi) is 5.02. The molecule has 1 saturated carbocycles. The van der Waals surface area contributed by atoms with Crippen molar-refractivity contribution in [3.63, 3.8) is 0 Å². The Hall–Kier alpha value is -1.54. The highest BCUT2D eigenvalue weighted by Gasteiger charge is 2.21. The maximum Gasteiger partial charge on any atom is 0.232 e. The van der Waals surface area contributed by atoms with Gasteiger partial charge in [0.15, 0.2) is 0 Å². The van der Waals surface area contributed by atoms with Crippen molar-refractivity contribution in [2.24, 2.45) is 5.92 Å². The first-order valence-corrected chi connectivity index (χ1v) is 8.71. The molecule has 1 N–H and O–H groups in total. The fraction of sp³-hybridized carbons (Fsp3) is 0.533. The second kappa shape index (κ2) is 6.76. The molecule has 20 heavy (non-hydrogen) atoms. The molecule has 0 amide bonds. The van der Waals surface area contributed by atoms with Crippen LogP contribution >= 0.6 is 0 Å². The number of benzene rings is 1. The Morgan fingerprint density at radius 2 is 1.80 bits per heavy atom. The average molecular weight is 292 g/mol. The molecule has 0 saturated heterocycles. The Morgan fingerprint density at radius 1 is 1.15 bits per heavy atom. The van der Waals surface area contributed by atoms with Crippen molar-refractivity contribution in [3.05, 3.63) is 29.8 Å². The van der Waals surface area contributed by atoms with Crippen LogP contribution in [0.3, 0.4) is 0 Å². The maximum absolute atomic E-state index is 12.1. The highest BCUT2D eigenvalue weighted by Crippen LogP contribution is 2.25. The molecule has 1 aliphatic rings. The van der Waals surface area contributed by atoms with E-state index in [1.165, 1.54) is 6.42 Å².